The maximum atomic E-state index is 9.62. The van der Waals surface area contributed by atoms with Crippen LogP contribution >= 0.6 is 0 Å². The van der Waals surface area contributed by atoms with Crippen LogP contribution in [0.3, 0.4) is 0 Å². The molecule has 0 aliphatic carbocycles. The molecule has 0 aromatic carbocycles. The Labute approximate surface area is 85.1 Å². The number of hydrogen-bond acceptors (Lipinski definition) is 2. The van der Waals surface area contributed by atoms with E-state index in [0.29, 0.717) is 12.8 Å². The predicted octanol–water partition coefficient (Wildman–Crippen LogP) is 1.69. The number of rotatable bonds is 5. The molecule has 1 aromatic heterocycles. The number of aliphatic hydroxyl groups is 1. The third-order valence-electron chi connectivity index (χ3n) is 2.17. The Morgan fingerprint density at radius 2 is 2.43 bits per heavy atom. The Bertz CT molecular complexity index is 304. The fourth-order valence-electron chi connectivity index (χ4n) is 1.55. The van der Waals surface area contributed by atoms with E-state index in [1.807, 2.05) is 17.7 Å². The standard InChI is InChI=1S/C11H18N2O/c1-4-6-11(14)8-10-7-9(3)12-13(10)5-2/h4,7,11,14H,1,5-6,8H2,2-3H3. The zero-order valence-corrected chi connectivity index (χ0v) is 8.90. The summed E-state index contributed by atoms with van der Waals surface area (Å²) >= 11 is 0. The van der Waals surface area contributed by atoms with Gasteiger partial charge in [-0.05, 0) is 26.3 Å². The summed E-state index contributed by atoms with van der Waals surface area (Å²) in [5.41, 5.74) is 2.10. The molecule has 0 radical (unpaired) electrons. The lowest BCUT2D eigenvalue weighted by atomic mass is 10.1. The second-order valence-electron chi connectivity index (χ2n) is 3.48. The zero-order valence-electron chi connectivity index (χ0n) is 8.90. The van der Waals surface area contributed by atoms with Gasteiger partial charge in [0.15, 0.2) is 0 Å². The molecule has 0 spiro atoms. The lowest BCUT2D eigenvalue weighted by Gasteiger charge is -2.08. The molecule has 0 aliphatic rings. The molecule has 1 unspecified atom stereocenters. The second-order valence-corrected chi connectivity index (χ2v) is 3.48. The van der Waals surface area contributed by atoms with Gasteiger partial charge in [-0.3, -0.25) is 4.68 Å². The molecule has 1 aromatic rings. The number of aryl methyl sites for hydroxylation is 2. The maximum Gasteiger partial charge on any atom is 0.0629 e. The fraction of sp³-hybridized carbons (Fsp3) is 0.545. The topological polar surface area (TPSA) is 38.1 Å². The van der Waals surface area contributed by atoms with Gasteiger partial charge in [-0.25, -0.2) is 0 Å². The van der Waals surface area contributed by atoms with Crippen LogP contribution in [0.4, 0.5) is 0 Å². The van der Waals surface area contributed by atoms with Crippen molar-refractivity contribution < 1.29 is 5.11 Å². The summed E-state index contributed by atoms with van der Waals surface area (Å²) in [4.78, 5) is 0. The van der Waals surface area contributed by atoms with Gasteiger partial charge in [-0.15, -0.1) is 6.58 Å². The molecular weight excluding hydrogens is 176 g/mol. The highest BCUT2D eigenvalue weighted by molar-refractivity contribution is 5.10. The minimum atomic E-state index is -0.339. The van der Waals surface area contributed by atoms with Gasteiger partial charge in [0.1, 0.15) is 0 Å². The third kappa shape index (κ3) is 2.70. The zero-order chi connectivity index (χ0) is 10.6. The molecule has 0 bridgehead atoms. The van der Waals surface area contributed by atoms with Crippen molar-refractivity contribution in [2.24, 2.45) is 0 Å². The van der Waals surface area contributed by atoms with Crippen LogP contribution < -0.4 is 0 Å². The molecule has 1 heterocycles. The van der Waals surface area contributed by atoms with Crippen molar-refractivity contribution in [1.82, 2.24) is 9.78 Å². The smallest absolute Gasteiger partial charge is 0.0629 e. The summed E-state index contributed by atoms with van der Waals surface area (Å²) in [6.45, 7) is 8.48. The van der Waals surface area contributed by atoms with Crippen LogP contribution in [0.5, 0.6) is 0 Å². The van der Waals surface area contributed by atoms with Crippen molar-refractivity contribution in [2.45, 2.75) is 39.3 Å². The molecule has 14 heavy (non-hydrogen) atoms. The first-order valence-electron chi connectivity index (χ1n) is 4.99. The summed E-state index contributed by atoms with van der Waals surface area (Å²) in [6, 6.07) is 2.02. The fourth-order valence-corrected chi connectivity index (χ4v) is 1.55. The van der Waals surface area contributed by atoms with E-state index in [1.54, 1.807) is 6.08 Å². The Balaban J connectivity index is 2.69. The molecule has 0 saturated heterocycles. The van der Waals surface area contributed by atoms with Gasteiger partial charge < -0.3 is 5.11 Å². The molecule has 1 atom stereocenters. The van der Waals surface area contributed by atoms with Crippen molar-refractivity contribution in [3.05, 3.63) is 30.1 Å². The second kappa shape index (κ2) is 4.96. The molecular formula is C11H18N2O. The largest absolute Gasteiger partial charge is 0.392 e. The van der Waals surface area contributed by atoms with Crippen LogP contribution in [-0.2, 0) is 13.0 Å². The van der Waals surface area contributed by atoms with Crippen molar-refractivity contribution in [2.75, 3.05) is 0 Å². The van der Waals surface area contributed by atoms with E-state index in [-0.39, 0.29) is 6.10 Å². The molecule has 0 fully saturated rings. The molecule has 0 aliphatic heterocycles. The molecule has 0 amide bonds. The van der Waals surface area contributed by atoms with Crippen molar-refractivity contribution in [3.8, 4) is 0 Å². The Morgan fingerprint density at radius 1 is 1.71 bits per heavy atom. The third-order valence-corrected chi connectivity index (χ3v) is 2.17. The van der Waals surface area contributed by atoms with Crippen molar-refractivity contribution in [3.63, 3.8) is 0 Å². The van der Waals surface area contributed by atoms with Gasteiger partial charge in [-0.2, -0.15) is 5.10 Å². The first-order valence-corrected chi connectivity index (χ1v) is 4.99. The quantitative estimate of drug-likeness (QED) is 0.724. The van der Waals surface area contributed by atoms with Crippen LogP contribution in [0.2, 0.25) is 0 Å². The first-order chi connectivity index (χ1) is 6.67. The summed E-state index contributed by atoms with van der Waals surface area (Å²) in [7, 11) is 0. The number of aromatic nitrogens is 2. The Hall–Kier alpha value is -1.09. The normalized spacial score (nSPS) is 12.8. The Kier molecular flexibility index (Phi) is 3.89. The molecule has 1 N–H and O–H groups in total. The van der Waals surface area contributed by atoms with Gasteiger partial charge in [0.2, 0.25) is 0 Å². The van der Waals surface area contributed by atoms with Crippen LogP contribution in [0, 0.1) is 6.92 Å². The maximum absolute atomic E-state index is 9.62. The summed E-state index contributed by atoms with van der Waals surface area (Å²) < 4.78 is 1.93. The average Bonchev–Trinajstić information content (AvgIpc) is 2.46. The first kappa shape index (κ1) is 11.0. The average molecular weight is 194 g/mol. The molecule has 3 heteroatoms. The lowest BCUT2D eigenvalue weighted by Crippen LogP contribution is -2.13. The molecule has 78 valence electrons. The molecule has 0 saturated carbocycles. The monoisotopic (exact) mass is 194 g/mol. The van der Waals surface area contributed by atoms with Gasteiger partial charge in [0.25, 0.3) is 0 Å². The van der Waals surface area contributed by atoms with Gasteiger partial charge in [-0.1, -0.05) is 6.08 Å². The SMILES string of the molecule is C=CCC(O)Cc1cc(C)nn1CC. The Morgan fingerprint density at radius 3 is 3.00 bits per heavy atom. The van der Waals surface area contributed by atoms with Gasteiger partial charge >= 0.3 is 0 Å². The van der Waals surface area contributed by atoms with Crippen LogP contribution in [0.15, 0.2) is 18.7 Å². The number of nitrogens with zero attached hydrogens (tertiary/aromatic N) is 2. The van der Waals surface area contributed by atoms with Crippen molar-refractivity contribution >= 4 is 0 Å². The highest BCUT2D eigenvalue weighted by atomic mass is 16.3. The molecule has 1 rings (SSSR count). The van der Waals surface area contributed by atoms with E-state index in [0.717, 1.165) is 17.9 Å². The predicted molar refractivity (Wildman–Crippen MR) is 57.2 cm³/mol. The summed E-state index contributed by atoms with van der Waals surface area (Å²) in [5, 5.41) is 13.9. The van der Waals surface area contributed by atoms with E-state index in [4.69, 9.17) is 0 Å². The van der Waals surface area contributed by atoms with E-state index >= 15 is 0 Å². The van der Waals surface area contributed by atoms with E-state index in [2.05, 4.69) is 18.6 Å². The molecule has 3 nitrogen and oxygen atoms in total. The van der Waals surface area contributed by atoms with Gasteiger partial charge in [0, 0.05) is 18.7 Å². The van der Waals surface area contributed by atoms with Crippen molar-refractivity contribution in [1.29, 1.82) is 0 Å². The highest BCUT2D eigenvalue weighted by Crippen LogP contribution is 2.08. The van der Waals surface area contributed by atoms with Crippen LogP contribution in [-0.4, -0.2) is 21.0 Å². The van der Waals surface area contributed by atoms with Crippen LogP contribution in [0.1, 0.15) is 24.7 Å². The minimum absolute atomic E-state index is 0.339. The summed E-state index contributed by atoms with van der Waals surface area (Å²) in [5.74, 6) is 0. The lowest BCUT2D eigenvalue weighted by molar-refractivity contribution is 0.175. The van der Waals surface area contributed by atoms with E-state index in [1.165, 1.54) is 0 Å². The van der Waals surface area contributed by atoms with Gasteiger partial charge in [0.05, 0.1) is 11.8 Å². The minimum Gasteiger partial charge on any atom is -0.392 e. The summed E-state index contributed by atoms with van der Waals surface area (Å²) in [6.07, 6.45) is 2.69. The van der Waals surface area contributed by atoms with E-state index < -0.39 is 0 Å². The van der Waals surface area contributed by atoms with Crippen LogP contribution in [0.25, 0.3) is 0 Å². The highest BCUT2D eigenvalue weighted by Gasteiger charge is 2.08. The number of aliphatic hydroxyl groups excluding tert-OH is 1. The van der Waals surface area contributed by atoms with E-state index in [9.17, 15) is 5.11 Å². The number of hydrogen-bond donors (Lipinski definition) is 1.